The van der Waals surface area contributed by atoms with Crippen LogP contribution in [0, 0.1) is 0 Å². The van der Waals surface area contributed by atoms with Gasteiger partial charge in [0, 0.05) is 12.2 Å². The van der Waals surface area contributed by atoms with E-state index in [0.717, 1.165) is 12.2 Å². The van der Waals surface area contributed by atoms with Gasteiger partial charge in [0.15, 0.2) is 0 Å². The lowest BCUT2D eigenvalue weighted by Gasteiger charge is -1.97. The fourth-order valence-corrected chi connectivity index (χ4v) is 0.685. The summed E-state index contributed by atoms with van der Waals surface area (Å²) in [4.78, 5) is 22.0. The number of allylic oxidation sites excluding steroid dienone is 2. The Balaban J connectivity index is 3.79. The normalized spacial score (nSPS) is 11.4. The van der Waals surface area contributed by atoms with E-state index in [-0.39, 0.29) is 13.2 Å². The Morgan fingerprint density at radius 1 is 0.875 bits per heavy atom. The second-order valence-electron chi connectivity index (χ2n) is 2.73. The summed E-state index contributed by atoms with van der Waals surface area (Å²) in [5.74, 6) is -1.14. The third-order valence-corrected chi connectivity index (χ3v) is 1.47. The smallest absolute Gasteiger partial charge is 0.331 e. The molecular weight excluding hydrogens is 208 g/mol. The van der Waals surface area contributed by atoms with Crippen LogP contribution in [0.4, 0.5) is 0 Å². The average Bonchev–Trinajstić information content (AvgIpc) is 2.27. The van der Waals surface area contributed by atoms with Crippen LogP contribution in [0.1, 0.15) is 13.8 Å². The van der Waals surface area contributed by atoms with Crippen molar-refractivity contribution in [2.75, 3.05) is 13.2 Å². The molecule has 0 aromatic carbocycles. The van der Waals surface area contributed by atoms with Crippen LogP contribution in [0.25, 0.3) is 0 Å². The number of esters is 2. The summed E-state index contributed by atoms with van der Waals surface area (Å²) in [5.41, 5.74) is 0. The molecular formula is C12H16O4. The SMILES string of the molecule is C/C=C/COC(=O)/C=C/C(=O)OC/C=C/C. The molecule has 4 heteroatoms. The molecule has 0 saturated heterocycles. The van der Waals surface area contributed by atoms with E-state index in [0.29, 0.717) is 0 Å². The van der Waals surface area contributed by atoms with E-state index < -0.39 is 11.9 Å². The van der Waals surface area contributed by atoms with Crippen LogP contribution in [-0.2, 0) is 19.1 Å². The van der Waals surface area contributed by atoms with Crippen LogP contribution < -0.4 is 0 Å². The summed E-state index contributed by atoms with van der Waals surface area (Å²) in [6, 6.07) is 0. The van der Waals surface area contributed by atoms with Crippen molar-refractivity contribution < 1.29 is 19.1 Å². The molecule has 0 aliphatic heterocycles. The van der Waals surface area contributed by atoms with Crippen molar-refractivity contribution in [3.8, 4) is 0 Å². The fraction of sp³-hybridized carbons (Fsp3) is 0.333. The first kappa shape index (κ1) is 14.2. The molecule has 0 saturated carbocycles. The maximum atomic E-state index is 11.0. The minimum Gasteiger partial charge on any atom is -0.458 e. The molecule has 0 rings (SSSR count). The molecule has 0 unspecified atom stereocenters. The van der Waals surface area contributed by atoms with Crippen LogP contribution in [0.3, 0.4) is 0 Å². The van der Waals surface area contributed by atoms with Crippen LogP contribution in [-0.4, -0.2) is 25.2 Å². The Morgan fingerprint density at radius 3 is 1.56 bits per heavy atom. The molecule has 0 aromatic rings. The zero-order valence-electron chi connectivity index (χ0n) is 9.51. The maximum Gasteiger partial charge on any atom is 0.331 e. The van der Waals surface area contributed by atoms with Gasteiger partial charge in [0.1, 0.15) is 13.2 Å². The number of rotatable bonds is 6. The summed E-state index contributed by atoms with van der Waals surface area (Å²) < 4.78 is 9.45. The zero-order chi connectivity index (χ0) is 12.2. The Kier molecular flexibility index (Phi) is 8.59. The van der Waals surface area contributed by atoms with E-state index >= 15 is 0 Å². The van der Waals surface area contributed by atoms with Gasteiger partial charge in [-0.3, -0.25) is 0 Å². The third-order valence-electron chi connectivity index (χ3n) is 1.47. The Labute approximate surface area is 95.2 Å². The number of hydrogen-bond donors (Lipinski definition) is 0. The van der Waals surface area contributed by atoms with Crippen LogP contribution in [0.2, 0.25) is 0 Å². The Bertz CT molecular complexity index is 270. The quantitative estimate of drug-likeness (QED) is 0.392. The molecule has 0 N–H and O–H groups in total. The molecule has 0 atom stereocenters. The number of carbonyl (C=O) groups is 2. The second kappa shape index (κ2) is 9.71. The summed E-state index contributed by atoms with van der Waals surface area (Å²) in [5, 5.41) is 0. The van der Waals surface area contributed by atoms with Crippen molar-refractivity contribution in [2.24, 2.45) is 0 Å². The van der Waals surface area contributed by atoms with E-state index in [2.05, 4.69) is 0 Å². The van der Waals surface area contributed by atoms with Gasteiger partial charge in [-0.2, -0.15) is 0 Å². The summed E-state index contributed by atoms with van der Waals surface area (Å²) in [6.07, 6.45) is 9.00. The Morgan fingerprint density at radius 2 is 1.25 bits per heavy atom. The monoisotopic (exact) mass is 224 g/mol. The maximum absolute atomic E-state index is 11.0. The van der Waals surface area contributed by atoms with Crippen LogP contribution >= 0.6 is 0 Å². The van der Waals surface area contributed by atoms with E-state index in [1.165, 1.54) is 0 Å². The van der Waals surface area contributed by atoms with Gasteiger partial charge in [-0.1, -0.05) is 24.3 Å². The van der Waals surface area contributed by atoms with Crippen molar-refractivity contribution in [2.45, 2.75) is 13.8 Å². The van der Waals surface area contributed by atoms with Crippen molar-refractivity contribution in [1.82, 2.24) is 0 Å². The molecule has 0 radical (unpaired) electrons. The average molecular weight is 224 g/mol. The number of carbonyl (C=O) groups excluding carboxylic acids is 2. The van der Waals surface area contributed by atoms with Crippen molar-refractivity contribution in [3.05, 3.63) is 36.5 Å². The summed E-state index contributed by atoms with van der Waals surface area (Å²) in [6.45, 7) is 4.05. The first-order valence-electron chi connectivity index (χ1n) is 4.94. The van der Waals surface area contributed by atoms with Gasteiger partial charge < -0.3 is 9.47 Å². The van der Waals surface area contributed by atoms with Crippen molar-refractivity contribution in [1.29, 1.82) is 0 Å². The first-order valence-corrected chi connectivity index (χ1v) is 4.94. The van der Waals surface area contributed by atoms with Gasteiger partial charge in [-0.05, 0) is 13.8 Å². The van der Waals surface area contributed by atoms with E-state index in [4.69, 9.17) is 9.47 Å². The van der Waals surface area contributed by atoms with Gasteiger partial charge in [0.25, 0.3) is 0 Å². The highest BCUT2D eigenvalue weighted by atomic mass is 16.5. The first-order chi connectivity index (χ1) is 7.70. The molecule has 0 aromatic heterocycles. The summed E-state index contributed by atoms with van der Waals surface area (Å²) >= 11 is 0. The van der Waals surface area contributed by atoms with Gasteiger partial charge in [0.2, 0.25) is 0 Å². The molecule has 0 aliphatic rings. The van der Waals surface area contributed by atoms with E-state index in [9.17, 15) is 9.59 Å². The van der Waals surface area contributed by atoms with E-state index in [1.54, 1.807) is 24.3 Å². The van der Waals surface area contributed by atoms with Crippen LogP contribution in [0.5, 0.6) is 0 Å². The molecule has 0 amide bonds. The van der Waals surface area contributed by atoms with Gasteiger partial charge in [-0.15, -0.1) is 0 Å². The minimum absolute atomic E-state index is 0.202. The van der Waals surface area contributed by atoms with Gasteiger partial charge in [-0.25, -0.2) is 9.59 Å². The van der Waals surface area contributed by atoms with Crippen molar-refractivity contribution >= 4 is 11.9 Å². The molecule has 88 valence electrons. The third kappa shape index (κ3) is 8.74. The number of ether oxygens (including phenoxy) is 2. The fourth-order valence-electron chi connectivity index (χ4n) is 0.685. The lowest BCUT2D eigenvalue weighted by atomic mass is 10.5. The Hall–Kier alpha value is -1.84. The van der Waals surface area contributed by atoms with Gasteiger partial charge in [0.05, 0.1) is 0 Å². The predicted molar refractivity (Wildman–Crippen MR) is 60.7 cm³/mol. The predicted octanol–water partition coefficient (Wildman–Crippen LogP) is 1.78. The lowest BCUT2D eigenvalue weighted by molar-refractivity contribution is -0.139. The number of hydrogen-bond acceptors (Lipinski definition) is 4. The highest BCUT2D eigenvalue weighted by Gasteiger charge is 1.98. The second-order valence-corrected chi connectivity index (χ2v) is 2.73. The molecule has 0 fully saturated rings. The lowest BCUT2D eigenvalue weighted by Crippen LogP contribution is -2.04. The largest absolute Gasteiger partial charge is 0.458 e. The molecule has 0 bridgehead atoms. The zero-order valence-corrected chi connectivity index (χ0v) is 9.51. The topological polar surface area (TPSA) is 52.6 Å². The highest BCUT2D eigenvalue weighted by molar-refractivity contribution is 5.91. The molecule has 0 aliphatic carbocycles. The highest BCUT2D eigenvalue weighted by Crippen LogP contribution is 1.87. The van der Waals surface area contributed by atoms with Crippen LogP contribution in [0.15, 0.2) is 36.5 Å². The molecule has 4 nitrogen and oxygen atoms in total. The standard InChI is InChI=1S/C12H16O4/c1-3-5-9-15-11(13)7-8-12(14)16-10-6-4-2/h3-8H,9-10H2,1-2H3/b5-3+,6-4+,8-7+. The molecule has 0 spiro atoms. The molecule has 0 heterocycles. The van der Waals surface area contributed by atoms with Gasteiger partial charge >= 0.3 is 11.9 Å². The summed E-state index contributed by atoms with van der Waals surface area (Å²) in [7, 11) is 0. The molecule has 16 heavy (non-hydrogen) atoms. The van der Waals surface area contributed by atoms with Crippen molar-refractivity contribution in [3.63, 3.8) is 0 Å². The minimum atomic E-state index is -0.568. The van der Waals surface area contributed by atoms with E-state index in [1.807, 2.05) is 13.8 Å².